The van der Waals surface area contributed by atoms with E-state index < -0.39 is 0 Å². The van der Waals surface area contributed by atoms with Crippen molar-refractivity contribution in [3.05, 3.63) is 104 Å². The molecule has 186 valence electrons. The van der Waals surface area contributed by atoms with Gasteiger partial charge in [0.05, 0.1) is 24.1 Å². The molecule has 6 nitrogen and oxygen atoms in total. The number of aromatic nitrogens is 2. The van der Waals surface area contributed by atoms with Gasteiger partial charge in [0.15, 0.2) is 0 Å². The van der Waals surface area contributed by atoms with E-state index in [1.54, 1.807) is 37.6 Å². The number of fused-ring (bicyclic) bond motifs is 1. The minimum atomic E-state index is -0.259. The summed E-state index contributed by atoms with van der Waals surface area (Å²) in [4.78, 5) is 34.6. The minimum Gasteiger partial charge on any atom is -0.497 e. The highest BCUT2D eigenvalue weighted by molar-refractivity contribution is 8.26. The number of amides is 1. The van der Waals surface area contributed by atoms with Crippen LogP contribution in [0, 0.1) is 6.92 Å². The number of hydrogen-bond acceptors (Lipinski definition) is 7. The molecule has 2 aromatic carbocycles. The molecule has 1 fully saturated rings. The van der Waals surface area contributed by atoms with E-state index in [-0.39, 0.29) is 11.5 Å². The van der Waals surface area contributed by atoms with Crippen LogP contribution in [-0.4, -0.2) is 31.6 Å². The van der Waals surface area contributed by atoms with Crippen molar-refractivity contribution in [3.8, 4) is 5.75 Å². The summed E-state index contributed by atoms with van der Waals surface area (Å²) in [7, 11) is 1.60. The Hall–Kier alpha value is -3.11. The Morgan fingerprint density at radius 2 is 1.84 bits per heavy atom. The Bertz CT molecular complexity index is 1620. The van der Waals surface area contributed by atoms with Crippen LogP contribution in [0.3, 0.4) is 0 Å². The molecule has 0 spiro atoms. The molecule has 0 saturated carbocycles. The largest absolute Gasteiger partial charge is 0.497 e. The Balaban J connectivity index is 1.54. The number of hydrogen-bond donors (Lipinski definition) is 0. The van der Waals surface area contributed by atoms with Crippen LogP contribution in [0.2, 0.25) is 5.02 Å². The number of aryl methyl sites for hydroxylation is 1. The normalized spacial score (nSPS) is 14.7. The van der Waals surface area contributed by atoms with Crippen molar-refractivity contribution >= 4 is 69.3 Å². The van der Waals surface area contributed by atoms with Crippen LogP contribution in [0.1, 0.15) is 16.7 Å². The molecule has 10 heteroatoms. The number of thioether (sulfide) groups is 1. The molecule has 1 amide bonds. The first kappa shape index (κ1) is 25.5. The summed E-state index contributed by atoms with van der Waals surface area (Å²) in [5.74, 6) is 0.487. The average Bonchev–Trinajstić information content (AvgIpc) is 3.16. The predicted octanol–water partition coefficient (Wildman–Crippen LogP) is 6.22. The summed E-state index contributed by atoms with van der Waals surface area (Å²) in [6, 6.07) is 18.5. The lowest BCUT2D eigenvalue weighted by atomic mass is 10.2. The lowest BCUT2D eigenvalue weighted by Crippen LogP contribution is -2.27. The van der Waals surface area contributed by atoms with Gasteiger partial charge in [-0.25, -0.2) is 4.98 Å². The molecule has 0 unspecified atom stereocenters. The van der Waals surface area contributed by atoms with E-state index in [2.05, 4.69) is 0 Å². The lowest BCUT2D eigenvalue weighted by Gasteiger charge is -2.14. The number of nitrogens with zero attached hydrogens (tertiary/aromatic N) is 3. The van der Waals surface area contributed by atoms with Crippen molar-refractivity contribution in [1.29, 1.82) is 0 Å². The molecule has 0 bridgehead atoms. The predicted molar refractivity (Wildman–Crippen MR) is 153 cm³/mol. The number of benzene rings is 2. The summed E-state index contributed by atoms with van der Waals surface area (Å²) in [5.41, 5.74) is 2.42. The van der Waals surface area contributed by atoms with Gasteiger partial charge in [-0.3, -0.25) is 18.9 Å². The highest BCUT2D eigenvalue weighted by atomic mass is 35.5. The third-order valence-electron chi connectivity index (χ3n) is 5.73. The van der Waals surface area contributed by atoms with Crippen LogP contribution in [0.4, 0.5) is 0 Å². The highest BCUT2D eigenvalue weighted by Crippen LogP contribution is 2.36. The molecular formula is C27H20ClN3O3S3. The van der Waals surface area contributed by atoms with Crippen LogP contribution in [0.5, 0.6) is 5.75 Å². The van der Waals surface area contributed by atoms with Crippen molar-refractivity contribution in [2.75, 3.05) is 7.11 Å². The first-order chi connectivity index (χ1) is 17.8. The highest BCUT2D eigenvalue weighted by Gasteiger charge is 2.32. The number of pyridine rings is 1. The van der Waals surface area contributed by atoms with E-state index in [1.807, 2.05) is 49.4 Å². The molecule has 37 heavy (non-hydrogen) atoms. The second-order valence-corrected chi connectivity index (χ2v) is 11.4. The summed E-state index contributed by atoms with van der Waals surface area (Å²) in [5, 5.41) is 1.12. The molecule has 3 heterocycles. The van der Waals surface area contributed by atoms with Gasteiger partial charge in [0.25, 0.3) is 11.5 Å². The Morgan fingerprint density at radius 3 is 2.54 bits per heavy atom. The average molecular weight is 566 g/mol. The monoisotopic (exact) mass is 565 g/mol. The Morgan fingerprint density at radius 1 is 1.11 bits per heavy atom. The fourth-order valence-electron chi connectivity index (χ4n) is 3.79. The molecule has 1 saturated heterocycles. The SMILES string of the molecule is COc1ccc(CN2C(=O)/C(=C\c3c(Sc4ccc(Cl)cc4)nc4c(C)cccn4c3=O)SC2=S)cc1. The summed E-state index contributed by atoms with van der Waals surface area (Å²) in [6.07, 6.45) is 3.29. The molecule has 0 atom stereocenters. The standard InChI is InChI=1S/C27H20ClN3O3S3/c1-16-4-3-13-30-23(16)29-24(36-20-11-7-18(28)8-12-20)21(25(30)32)14-22-26(33)31(27(35)37-22)15-17-5-9-19(34-2)10-6-17/h3-14H,15H2,1-2H3/b22-14+. The van der Waals surface area contributed by atoms with Gasteiger partial charge in [0.1, 0.15) is 20.7 Å². The second-order valence-electron chi connectivity index (χ2n) is 8.19. The van der Waals surface area contributed by atoms with Crippen LogP contribution >= 0.6 is 47.3 Å². The maximum atomic E-state index is 13.6. The summed E-state index contributed by atoms with van der Waals surface area (Å²) in [6.45, 7) is 2.23. The van der Waals surface area contributed by atoms with Crippen LogP contribution in [-0.2, 0) is 11.3 Å². The van der Waals surface area contributed by atoms with Gasteiger partial charge in [0.2, 0.25) is 0 Å². The number of carbonyl (C=O) groups excluding carboxylic acids is 1. The zero-order valence-corrected chi connectivity index (χ0v) is 23.0. The van der Waals surface area contributed by atoms with Crippen molar-refractivity contribution in [2.24, 2.45) is 0 Å². The van der Waals surface area contributed by atoms with E-state index in [9.17, 15) is 9.59 Å². The van der Waals surface area contributed by atoms with E-state index in [0.29, 0.717) is 37.0 Å². The van der Waals surface area contributed by atoms with Gasteiger partial charge in [-0.15, -0.1) is 0 Å². The molecule has 0 aliphatic carbocycles. The number of methoxy groups -OCH3 is 1. The topological polar surface area (TPSA) is 63.9 Å². The molecular weight excluding hydrogens is 546 g/mol. The third kappa shape index (κ3) is 5.31. The van der Waals surface area contributed by atoms with Crippen molar-refractivity contribution in [2.45, 2.75) is 23.4 Å². The van der Waals surface area contributed by atoms with Gasteiger partial charge in [-0.05, 0) is 66.6 Å². The van der Waals surface area contributed by atoms with Gasteiger partial charge in [-0.2, -0.15) is 0 Å². The Kier molecular flexibility index (Phi) is 7.39. The van der Waals surface area contributed by atoms with E-state index in [4.69, 9.17) is 33.5 Å². The summed E-state index contributed by atoms with van der Waals surface area (Å²) < 4.78 is 7.15. The molecule has 1 aliphatic heterocycles. The first-order valence-corrected chi connectivity index (χ1v) is 13.6. The van der Waals surface area contributed by atoms with Crippen LogP contribution in [0.25, 0.3) is 11.7 Å². The molecule has 2 aromatic heterocycles. The van der Waals surface area contributed by atoms with E-state index in [1.165, 1.54) is 32.8 Å². The zero-order chi connectivity index (χ0) is 26.1. The molecule has 0 radical (unpaired) electrons. The fraction of sp³-hybridized carbons (Fsp3) is 0.111. The number of ether oxygens (including phenoxy) is 1. The maximum Gasteiger partial charge on any atom is 0.266 e. The minimum absolute atomic E-state index is 0.248. The van der Waals surface area contributed by atoms with E-state index >= 15 is 0 Å². The quantitative estimate of drug-likeness (QED) is 0.156. The molecule has 4 aromatic rings. The smallest absolute Gasteiger partial charge is 0.266 e. The Labute approximate surface area is 232 Å². The number of halogens is 1. The molecule has 0 N–H and O–H groups in total. The number of thiocarbonyl (C=S) groups is 1. The van der Waals surface area contributed by atoms with Gasteiger partial charge < -0.3 is 4.74 Å². The van der Waals surface area contributed by atoms with Gasteiger partial charge in [0, 0.05) is 16.1 Å². The molecule has 1 aliphatic rings. The van der Waals surface area contributed by atoms with Gasteiger partial charge >= 0.3 is 0 Å². The van der Waals surface area contributed by atoms with Crippen LogP contribution < -0.4 is 10.3 Å². The lowest BCUT2D eigenvalue weighted by molar-refractivity contribution is -0.122. The zero-order valence-electron chi connectivity index (χ0n) is 19.8. The van der Waals surface area contributed by atoms with Gasteiger partial charge in [-0.1, -0.05) is 65.5 Å². The second kappa shape index (κ2) is 10.7. The maximum absolute atomic E-state index is 13.6. The third-order valence-corrected chi connectivity index (χ3v) is 8.37. The van der Waals surface area contributed by atoms with Crippen molar-refractivity contribution in [3.63, 3.8) is 0 Å². The number of carbonyl (C=O) groups is 1. The van der Waals surface area contributed by atoms with Crippen LogP contribution in [0.15, 0.2) is 86.5 Å². The van der Waals surface area contributed by atoms with E-state index in [0.717, 1.165) is 21.8 Å². The number of rotatable bonds is 6. The first-order valence-electron chi connectivity index (χ1n) is 11.2. The fourth-order valence-corrected chi connectivity index (χ4v) is 6.04. The van der Waals surface area contributed by atoms with Crippen molar-refractivity contribution < 1.29 is 9.53 Å². The molecule has 5 rings (SSSR count). The summed E-state index contributed by atoms with van der Waals surface area (Å²) >= 11 is 14.1. The van der Waals surface area contributed by atoms with Crippen molar-refractivity contribution in [1.82, 2.24) is 14.3 Å².